The fraction of sp³-hybridized carbons (Fsp3) is 0.533. The monoisotopic (exact) mass is 400 g/mol. The van der Waals surface area contributed by atoms with Gasteiger partial charge >= 0.3 is 6.18 Å². The van der Waals surface area contributed by atoms with Gasteiger partial charge in [-0.15, -0.1) is 0 Å². The van der Waals surface area contributed by atoms with Gasteiger partial charge in [0.05, 0.1) is 15.5 Å². The standard InChI is InChI=1S/C15H20ClF3N2O3S/c1-3-4-9-21(2)14(22)7-8-20-25(23,24)11-5-6-13(16)12(10-11)15(17,18)19/h5-6,10,20H,3-4,7-9H2,1-2H3. The summed E-state index contributed by atoms with van der Waals surface area (Å²) in [6.45, 7) is 2.34. The third-order valence-electron chi connectivity index (χ3n) is 3.46. The van der Waals surface area contributed by atoms with Gasteiger partial charge in [0.1, 0.15) is 0 Å². The van der Waals surface area contributed by atoms with E-state index in [4.69, 9.17) is 11.6 Å². The Hall–Kier alpha value is -1.32. The highest BCUT2D eigenvalue weighted by molar-refractivity contribution is 7.89. The first-order valence-corrected chi connectivity index (χ1v) is 9.45. The van der Waals surface area contributed by atoms with Crippen LogP contribution in [0.25, 0.3) is 0 Å². The second-order valence-electron chi connectivity index (χ2n) is 5.46. The summed E-state index contributed by atoms with van der Waals surface area (Å²) >= 11 is 5.47. The van der Waals surface area contributed by atoms with Crippen molar-refractivity contribution in [1.29, 1.82) is 0 Å². The lowest BCUT2D eigenvalue weighted by molar-refractivity contribution is -0.137. The Morgan fingerprint density at radius 1 is 1.32 bits per heavy atom. The number of hydrogen-bond donors (Lipinski definition) is 1. The summed E-state index contributed by atoms with van der Waals surface area (Å²) in [5.41, 5.74) is -1.23. The number of sulfonamides is 1. The van der Waals surface area contributed by atoms with Crippen molar-refractivity contribution in [2.45, 2.75) is 37.3 Å². The maximum absolute atomic E-state index is 12.8. The Kier molecular flexibility index (Phi) is 7.70. The number of hydrogen-bond acceptors (Lipinski definition) is 3. The summed E-state index contributed by atoms with van der Waals surface area (Å²) < 4.78 is 64.8. The van der Waals surface area contributed by atoms with Crippen LogP contribution in [0.2, 0.25) is 5.02 Å². The van der Waals surface area contributed by atoms with E-state index in [9.17, 15) is 26.4 Å². The zero-order valence-electron chi connectivity index (χ0n) is 13.9. The van der Waals surface area contributed by atoms with Crippen molar-refractivity contribution in [3.63, 3.8) is 0 Å². The lowest BCUT2D eigenvalue weighted by atomic mass is 10.2. The Morgan fingerprint density at radius 2 is 1.96 bits per heavy atom. The van der Waals surface area contributed by atoms with E-state index in [2.05, 4.69) is 4.72 Å². The van der Waals surface area contributed by atoms with Crippen molar-refractivity contribution in [1.82, 2.24) is 9.62 Å². The first kappa shape index (κ1) is 21.7. The number of nitrogens with one attached hydrogen (secondary N) is 1. The highest BCUT2D eigenvalue weighted by Crippen LogP contribution is 2.35. The van der Waals surface area contributed by atoms with Crippen molar-refractivity contribution in [3.8, 4) is 0 Å². The Balaban J connectivity index is 2.75. The minimum Gasteiger partial charge on any atom is -0.346 e. The maximum Gasteiger partial charge on any atom is 0.417 e. The molecule has 1 N–H and O–H groups in total. The zero-order valence-corrected chi connectivity index (χ0v) is 15.4. The molecule has 1 amide bonds. The van der Waals surface area contributed by atoms with Gasteiger partial charge in [0.25, 0.3) is 0 Å². The fourth-order valence-corrected chi connectivity index (χ4v) is 3.26. The van der Waals surface area contributed by atoms with Gasteiger partial charge in [0.2, 0.25) is 15.9 Å². The van der Waals surface area contributed by atoms with Gasteiger partial charge < -0.3 is 4.90 Å². The molecule has 5 nitrogen and oxygen atoms in total. The molecule has 0 spiro atoms. The minimum absolute atomic E-state index is 0.0842. The van der Waals surface area contributed by atoms with E-state index in [1.807, 2.05) is 6.92 Å². The number of carbonyl (C=O) groups is 1. The van der Waals surface area contributed by atoms with Gasteiger partial charge in [-0.1, -0.05) is 24.9 Å². The molecule has 10 heteroatoms. The van der Waals surface area contributed by atoms with Gasteiger partial charge in [-0.25, -0.2) is 13.1 Å². The number of alkyl halides is 3. The van der Waals surface area contributed by atoms with E-state index in [0.717, 1.165) is 25.0 Å². The van der Waals surface area contributed by atoms with Crippen molar-refractivity contribution in [2.24, 2.45) is 0 Å². The molecule has 0 aliphatic rings. The second kappa shape index (κ2) is 8.86. The van der Waals surface area contributed by atoms with Gasteiger partial charge in [0.15, 0.2) is 0 Å². The summed E-state index contributed by atoms with van der Waals surface area (Å²) in [5.74, 6) is -0.247. The molecule has 1 rings (SSSR count). The van der Waals surface area contributed by atoms with Crippen LogP contribution in [0, 0.1) is 0 Å². The van der Waals surface area contributed by atoms with Crippen LogP contribution >= 0.6 is 11.6 Å². The van der Waals surface area contributed by atoms with Crippen LogP contribution in [0.5, 0.6) is 0 Å². The minimum atomic E-state index is -4.76. The number of halogens is 4. The van der Waals surface area contributed by atoms with Crippen molar-refractivity contribution < 1.29 is 26.4 Å². The number of nitrogens with zero attached hydrogens (tertiary/aromatic N) is 1. The first-order valence-electron chi connectivity index (χ1n) is 7.59. The summed E-state index contributed by atoms with van der Waals surface area (Å²) in [4.78, 5) is 12.8. The highest BCUT2D eigenvalue weighted by atomic mass is 35.5. The molecule has 0 bridgehead atoms. The molecule has 0 unspecified atom stereocenters. The molecule has 0 aromatic heterocycles. The highest BCUT2D eigenvalue weighted by Gasteiger charge is 2.34. The molecule has 0 heterocycles. The number of rotatable bonds is 8. The molecule has 1 aromatic rings. The van der Waals surface area contributed by atoms with Gasteiger partial charge in [-0.2, -0.15) is 13.2 Å². The Bertz CT molecular complexity index is 708. The molecule has 142 valence electrons. The number of unbranched alkanes of at least 4 members (excludes halogenated alkanes) is 1. The SMILES string of the molecule is CCCCN(C)C(=O)CCNS(=O)(=O)c1ccc(Cl)c(C(F)(F)F)c1. The molecule has 25 heavy (non-hydrogen) atoms. The van der Waals surface area contributed by atoms with Crippen LogP contribution < -0.4 is 4.72 Å². The molecule has 0 saturated carbocycles. The van der Waals surface area contributed by atoms with E-state index >= 15 is 0 Å². The molecule has 0 fully saturated rings. The quantitative estimate of drug-likeness (QED) is 0.728. The molecule has 0 aliphatic carbocycles. The van der Waals surface area contributed by atoms with Crippen molar-refractivity contribution in [2.75, 3.05) is 20.1 Å². The summed E-state index contributed by atoms with van der Waals surface area (Å²) in [6, 6.07) is 2.33. The third kappa shape index (κ3) is 6.48. The number of carbonyl (C=O) groups excluding carboxylic acids is 1. The molecular formula is C15H20ClF3N2O3S. The average Bonchev–Trinajstić information content (AvgIpc) is 2.51. The van der Waals surface area contributed by atoms with Gasteiger partial charge in [-0.05, 0) is 24.6 Å². The number of amides is 1. The molecule has 1 aromatic carbocycles. The normalized spacial score (nSPS) is 12.2. The van der Waals surface area contributed by atoms with Crippen LogP contribution in [0.1, 0.15) is 31.7 Å². The van der Waals surface area contributed by atoms with E-state index in [1.54, 1.807) is 7.05 Å². The van der Waals surface area contributed by atoms with Crippen molar-refractivity contribution in [3.05, 3.63) is 28.8 Å². The summed E-state index contributed by atoms with van der Waals surface area (Å²) in [6.07, 6.45) is -3.10. The molecular weight excluding hydrogens is 381 g/mol. The predicted molar refractivity (Wildman–Crippen MR) is 88.8 cm³/mol. The second-order valence-corrected chi connectivity index (χ2v) is 7.63. The Labute approximate surface area is 150 Å². The molecule has 0 radical (unpaired) electrons. The largest absolute Gasteiger partial charge is 0.417 e. The summed E-state index contributed by atoms with van der Waals surface area (Å²) in [7, 11) is -2.57. The predicted octanol–water partition coefficient (Wildman–Crippen LogP) is 3.29. The molecule has 0 atom stereocenters. The van der Waals surface area contributed by atoms with Crippen LogP contribution in [0.4, 0.5) is 13.2 Å². The van der Waals surface area contributed by atoms with E-state index < -0.39 is 31.7 Å². The lowest BCUT2D eigenvalue weighted by Crippen LogP contribution is -2.32. The van der Waals surface area contributed by atoms with Crippen LogP contribution in [0.15, 0.2) is 23.1 Å². The van der Waals surface area contributed by atoms with Crippen LogP contribution in [-0.2, 0) is 21.0 Å². The van der Waals surface area contributed by atoms with Crippen LogP contribution in [-0.4, -0.2) is 39.4 Å². The Morgan fingerprint density at radius 3 is 2.52 bits per heavy atom. The van der Waals surface area contributed by atoms with E-state index in [-0.39, 0.29) is 18.9 Å². The fourth-order valence-electron chi connectivity index (χ4n) is 1.98. The van der Waals surface area contributed by atoms with Crippen molar-refractivity contribution >= 4 is 27.5 Å². The maximum atomic E-state index is 12.8. The zero-order chi connectivity index (χ0) is 19.3. The lowest BCUT2D eigenvalue weighted by Gasteiger charge is -2.17. The average molecular weight is 401 g/mol. The number of benzene rings is 1. The first-order chi connectivity index (χ1) is 11.5. The van der Waals surface area contributed by atoms with Gasteiger partial charge in [0, 0.05) is 26.6 Å². The van der Waals surface area contributed by atoms with E-state index in [1.165, 1.54) is 4.90 Å². The molecule has 0 aliphatic heterocycles. The molecule has 0 saturated heterocycles. The van der Waals surface area contributed by atoms with E-state index in [0.29, 0.717) is 12.6 Å². The summed E-state index contributed by atoms with van der Waals surface area (Å²) in [5, 5.41) is -0.584. The van der Waals surface area contributed by atoms with Crippen LogP contribution in [0.3, 0.4) is 0 Å². The smallest absolute Gasteiger partial charge is 0.346 e. The topological polar surface area (TPSA) is 66.5 Å². The third-order valence-corrected chi connectivity index (χ3v) is 5.25. The van der Waals surface area contributed by atoms with Gasteiger partial charge in [-0.3, -0.25) is 4.79 Å².